The summed E-state index contributed by atoms with van der Waals surface area (Å²) in [5.74, 6) is -1.77. The normalized spacial score (nSPS) is 24.0. The van der Waals surface area contributed by atoms with Gasteiger partial charge in [-0.15, -0.1) is 0 Å². The number of allylic oxidation sites excluding steroid dienone is 2. The summed E-state index contributed by atoms with van der Waals surface area (Å²) in [5.41, 5.74) is 4.14. The minimum atomic E-state index is -0.566. The van der Waals surface area contributed by atoms with Gasteiger partial charge in [-0.1, -0.05) is 23.8 Å². The van der Waals surface area contributed by atoms with Crippen LogP contribution in [0.1, 0.15) is 37.3 Å². The van der Waals surface area contributed by atoms with Crippen LogP contribution in [0.2, 0.25) is 0 Å². The van der Waals surface area contributed by atoms with Crippen molar-refractivity contribution < 1.29 is 23.9 Å². The van der Waals surface area contributed by atoms with E-state index in [4.69, 9.17) is 4.74 Å². The van der Waals surface area contributed by atoms with Crippen LogP contribution in [0.4, 0.5) is 11.4 Å². The Labute approximate surface area is 204 Å². The number of nitrogens with zero attached hydrogens (tertiary/aromatic N) is 2. The number of rotatable bonds is 4. The number of benzene rings is 2. The number of ether oxygens (including phenoxy) is 1. The van der Waals surface area contributed by atoms with Crippen LogP contribution in [-0.2, 0) is 19.2 Å². The molecule has 0 spiro atoms. The SMILES string of the molecule is CC1=CC[C@@H]2C(=O)N(c3ccc(OC(=O)[C@@H]4CC(=O)N(c5cccc(C)c5)C4)cc3C)C(=O)[C@@H]2C1. The smallest absolute Gasteiger partial charge is 0.316 e. The van der Waals surface area contributed by atoms with E-state index in [9.17, 15) is 19.2 Å². The molecular weight excluding hydrogens is 444 g/mol. The lowest BCUT2D eigenvalue weighted by molar-refractivity contribution is -0.139. The highest BCUT2D eigenvalue weighted by molar-refractivity contribution is 6.22. The lowest BCUT2D eigenvalue weighted by Gasteiger charge is -2.19. The molecule has 0 bridgehead atoms. The topological polar surface area (TPSA) is 84.0 Å². The molecule has 2 fully saturated rings. The minimum Gasteiger partial charge on any atom is -0.426 e. The van der Waals surface area contributed by atoms with Crippen molar-refractivity contribution in [3.05, 3.63) is 65.2 Å². The maximum atomic E-state index is 13.0. The molecule has 3 atom stereocenters. The van der Waals surface area contributed by atoms with Crippen LogP contribution in [0, 0.1) is 31.6 Å². The molecule has 0 saturated carbocycles. The predicted molar refractivity (Wildman–Crippen MR) is 131 cm³/mol. The van der Waals surface area contributed by atoms with Crippen molar-refractivity contribution in [1.82, 2.24) is 0 Å². The Hall–Kier alpha value is -3.74. The van der Waals surface area contributed by atoms with Crippen molar-refractivity contribution in [2.45, 2.75) is 40.0 Å². The fraction of sp³-hybridized carbons (Fsp3) is 0.357. The second-order valence-electron chi connectivity index (χ2n) is 9.83. The van der Waals surface area contributed by atoms with Gasteiger partial charge in [0, 0.05) is 18.7 Å². The molecule has 3 amide bonds. The molecule has 2 aromatic rings. The highest BCUT2D eigenvalue weighted by Crippen LogP contribution is 2.41. The van der Waals surface area contributed by atoms with Crippen LogP contribution in [-0.4, -0.2) is 30.2 Å². The first-order valence-corrected chi connectivity index (χ1v) is 12.0. The van der Waals surface area contributed by atoms with E-state index >= 15 is 0 Å². The standard InChI is InChI=1S/C28H28N2O5/c1-16-5-4-6-20(11-16)29-15-19(14-25(29)31)28(34)35-21-8-10-24(18(3)13-21)30-26(32)22-9-7-17(2)12-23(22)27(30)33/h4-8,10-11,13,19,22-23H,9,12,14-15H2,1-3H3/t19-,22+,23-/m1/s1. The highest BCUT2D eigenvalue weighted by Gasteiger charge is 2.49. The summed E-state index contributed by atoms with van der Waals surface area (Å²) in [6, 6.07) is 12.5. The Morgan fingerprint density at radius 2 is 1.71 bits per heavy atom. The molecule has 2 aliphatic heterocycles. The predicted octanol–water partition coefficient (Wildman–Crippen LogP) is 4.11. The molecule has 2 saturated heterocycles. The average Bonchev–Trinajstić information content (AvgIpc) is 3.32. The Balaban J connectivity index is 1.28. The van der Waals surface area contributed by atoms with Gasteiger partial charge in [-0.25, -0.2) is 4.90 Å². The van der Waals surface area contributed by atoms with Crippen LogP contribution in [0.3, 0.4) is 0 Å². The molecule has 7 nitrogen and oxygen atoms in total. The first-order valence-electron chi connectivity index (χ1n) is 12.0. The summed E-state index contributed by atoms with van der Waals surface area (Å²) in [4.78, 5) is 54.3. The molecule has 0 unspecified atom stereocenters. The fourth-order valence-electron chi connectivity index (χ4n) is 5.33. The number of amides is 3. The summed E-state index contributed by atoms with van der Waals surface area (Å²) in [5, 5.41) is 0. The van der Waals surface area contributed by atoms with E-state index < -0.39 is 11.9 Å². The van der Waals surface area contributed by atoms with E-state index in [1.807, 2.05) is 44.2 Å². The maximum absolute atomic E-state index is 13.0. The van der Waals surface area contributed by atoms with Gasteiger partial charge in [-0.3, -0.25) is 19.2 Å². The van der Waals surface area contributed by atoms with Gasteiger partial charge in [-0.05, 0) is 75.1 Å². The van der Waals surface area contributed by atoms with Gasteiger partial charge in [0.2, 0.25) is 17.7 Å². The monoisotopic (exact) mass is 472 g/mol. The second kappa shape index (κ2) is 8.80. The lowest BCUT2D eigenvalue weighted by Crippen LogP contribution is -2.31. The molecule has 0 radical (unpaired) electrons. The van der Waals surface area contributed by atoms with Crippen molar-refractivity contribution in [2.75, 3.05) is 16.3 Å². The highest BCUT2D eigenvalue weighted by atomic mass is 16.5. The molecule has 2 aromatic carbocycles. The van der Waals surface area contributed by atoms with E-state index in [1.165, 1.54) is 4.90 Å². The minimum absolute atomic E-state index is 0.0941. The van der Waals surface area contributed by atoms with Gasteiger partial charge in [-0.2, -0.15) is 0 Å². The van der Waals surface area contributed by atoms with Crippen LogP contribution in [0.25, 0.3) is 0 Å². The number of carbonyl (C=O) groups is 4. The van der Waals surface area contributed by atoms with Crippen LogP contribution in [0.15, 0.2) is 54.1 Å². The third-order valence-corrected chi connectivity index (χ3v) is 7.22. The van der Waals surface area contributed by atoms with Crippen molar-refractivity contribution in [1.29, 1.82) is 0 Å². The Bertz CT molecular complexity index is 1280. The molecule has 35 heavy (non-hydrogen) atoms. The van der Waals surface area contributed by atoms with Gasteiger partial charge >= 0.3 is 5.97 Å². The first kappa shape index (κ1) is 23.0. The number of imide groups is 1. The van der Waals surface area contributed by atoms with Crippen molar-refractivity contribution in [3.8, 4) is 5.75 Å². The van der Waals surface area contributed by atoms with E-state index in [-0.39, 0.29) is 42.5 Å². The van der Waals surface area contributed by atoms with E-state index in [2.05, 4.69) is 0 Å². The van der Waals surface area contributed by atoms with Crippen molar-refractivity contribution in [3.63, 3.8) is 0 Å². The van der Waals surface area contributed by atoms with Crippen LogP contribution >= 0.6 is 0 Å². The summed E-state index contributed by atoms with van der Waals surface area (Å²) in [6.07, 6.45) is 3.34. The summed E-state index contributed by atoms with van der Waals surface area (Å²) in [7, 11) is 0. The largest absolute Gasteiger partial charge is 0.426 e. The van der Waals surface area contributed by atoms with Crippen LogP contribution in [0.5, 0.6) is 5.75 Å². The van der Waals surface area contributed by atoms with Crippen molar-refractivity contribution in [2.24, 2.45) is 17.8 Å². The third-order valence-electron chi connectivity index (χ3n) is 7.22. The van der Waals surface area contributed by atoms with Crippen LogP contribution < -0.4 is 14.5 Å². The third kappa shape index (κ3) is 4.16. The number of fused-ring (bicyclic) bond motifs is 1. The van der Waals surface area contributed by atoms with Gasteiger partial charge in [0.1, 0.15) is 5.75 Å². The van der Waals surface area contributed by atoms with Gasteiger partial charge < -0.3 is 9.64 Å². The molecule has 180 valence electrons. The number of esters is 1. The summed E-state index contributed by atoms with van der Waals surface area (Å²) >= 11 is 0. The first-order chi connectivity index (χ1) is 16.7. The molecule has 2 heterocycles. The Morgan fingerprint density at radius 3 is 2.46 bits per heavy atom. The van der Waals surface area contributed by atoms with Gasteiger partial charge in [0.05, 0.1) is 23.4 Å². The summed E-state index contributed by atoms with van der Waals surface area (Å²) < 4.78 is 5.60. The maximum Gasteiger partial charge on any atom is 0.316 e. The number of carbonyl (C=O) groups excluding carboxylic acids is 4. The molecule has 1 aliphatic carbocycles. The zero-order chi connectivity index (χ0) is 24.9. The van der Waals surface area contributed by atoms with Crippen molar-refractivity contribution >= 4 is 35.1 Å². The van der Waals surface area contributed by atoms with Gasteiger partial charge in [0.15, 0.2) is 0 Å². The number of aryl methyl sites for hydroxylation is 2. The number of hydrogen-bond donors (Lipinski definition) is 0. The lowest BCUT2D eigenvalue weighted by atomic mass is 9.82. The molecule has 0 aromatic heterocycles. The molecule has 5 rings (SSSR count). The van der Waals surface area contributed by atoms with E-state index in [0.717, 1.165) is 16.8 Å². The molecule has 7 heteroatoms. The quantitative estimate of drug-likeness (QED) is 0.289. The molecule has 0 N–H and O–H groups in total. The molecular formula is C28H28N2O5. The average molecular weight is 473 g/mol. The Kier molecular flexibility index (Phi) is 5.79. The summed E-state index contributed by atoms with van der Waals surface area (Å²) in [6.45, 7) is 6.00. The fourth-order valence-corrected chi connectivity index (χ4v) is 5.33. The zero-order valence-electron chi connectivity index (χ0n) is 20.1. The number of hydrogen-bond acceptors (Lipinski definition) is 5. The van der Waals surface area contributed by atoms with E-state index in [0.29, 0.717) is 29.8 Å². The molecule has 3 aliphatic rings. The van der Waals surface area contributed by atoms with Gasteiger partial charge in [0.25, 0.3) is 0 Å². The van der Waals surface area contributed by atoms with E-state index in [1.54, 1.807) is 30.0 Å². The second-order valence-corrected chi connectivity index (χ2v) is 9.83. The Morgan fingerprint density at radius 1 is 0.943 bits per heavy atom. The zero-order valence-corrected chi connectivity index (χ0v) is 20.1. The number of anilines is 2.